The summed E-state index contributed by atoms with van der Waals surface area (Å²) in [5.41, 5.74) is 3.40. The van der Waals surface area contributed by atoms with Crippen molar-refractivity contribution in [2.75, 3.05) is 0 Å². The highest BCUT2D eigenvalue weighted by molar-refractivity contribution is 6.37. The molecule has 0 bridgehead atoms. The summed E-state index contributed by atoms with van der Waals surface area (Å²) < 4.78 is 7.46. The lowest BCUT2D eigenvalue weighted by Gasteiger charge is -2.10. The van der Waals surface area contributed by atoms with Crippen LogP contribution >= 0.6 is 34.8 Å². The second-order valence-corrected chi connectivity index (χ2v) is 8.58. The zero-order chi connectivity index (χ0) is 23.1. The van der Waals surface area contributed by atoms with Gasteiger partial charge in [-0.3, -0.25) is 4.79 Å². The number of carbonyl (C=O) groups excluding carboxylic acids is 1. The van der Waals surface area contributed by atoms with Gasteiger partial charge in [0.05, 0.1) is 35.6 Å². The average molecular weight is 499 g/mol. The summed E-state index contributed by atoms with van der Waals surface area (Å²) in [5, 5.41) is 17.4. The SMILES string of the molecule is Cc1ccc2c(c1)c(C(=O)c1nnc(-c3ccnnc3)o1)c(Cl)n2Cc1ccc(Cl)cc1Cl. The normalized spacial score (nSPS) is 11.3. The fraction of sp³-hybridized carbons (Fsp3) is 0.0870. The molecule has 0 aliphatic rings. The highest BCUT2D eigenvalue weighted by atomic mass is 35.5. The van der Waals surface area contributed by atoms with E-state index in [1.165, 1.54) is 12.4 Å². The first-order valence-corrected chi connectivity index (χ1v) is 10.9. The molecule has 0 radical (unpaired) electrons. The topological polar surface area (TPSA) is 86.7 Å². The van der Waals surface area contributed by atoms with Crippen LogP contribution in [0.4, 0.5) is 0 Å². The largest absolute Gasteiger partial charge is 0.413 e. The van der Waals surface area contributed by atoms with Crippen molar-refractivity contribution in [3.8, 4) is 11.5 Å². The summed E-state index contributed by atoms with van der Waals surface area (Å²) in [6, 6.07) is 12.7. The van der Waals surface area contributed by atoms with Crippen molar-refractivity contribution in [2.24, 2.45) is 0 Å². The van der Waals surface area contributed by atoms with Crippen LogP contribution in [0.25, 0.3) is 22.4 Å². The fourth-order valence-corrected chi connectivity index (χ4v) is 4.39. The van der Waals surface area contributed by atoms with Crippen molar-refractivity contribution in [3.05, 3.63) is 92.6 Å². The predicted molar refractivity (Wildman–Crippen MR) is 126 cm³/mol. The number of aryl methyl sites for hydroxylation is 1. The van der Waals surface area contributed by atoms with Gasteiger partial charge in [-0.2, -0.15) is 10.2 Å². The van der Waals surface area contributed by atoms with Gasteiger partial charge in [-0.05, 0) is 42.8 Å². The molecule has 0 aliphatic heterocycles. The zero-order valence-electron chi connectivity index (χ0n) is 17.1. The number of fused-ring (bicyclic) bond motifs is 1. The smallest absolute Gasteiger partial charge is 0.289 e. The van der Waals surface area contributed by atoms with Crippen LogP contribution in [0.2, 0.25) is 15.2 Å². The van der Waals surface area contributed by atoms with E-state index in [-0.39, 0.29) is 22.5 Å². The molecule has 0 saturated heterocycles. The Labute approximate surface area is 202 Å². The standard InChI is InChI=1S/C23H14Cl3N5O2/c1-12-2-5-18-16(8-12)19(21(26)31(18)11-14-3-4-15(24)9-17(14)25)20(32)23-30-29-22(33-23)13-6-7-27-28-10-13/h2-10H,11H2,1H3. The van der Waals surface area contributed by atoms with Crippen molar-refractivity contribution in [1.82, 2.24) is 25.0 Å². The first kappa shape index (κ1) is 21.6. The van der Waals surface area contributed by atoms with Crippen molar-refractivity contribution in [3.63, 3.8) is 0 Å². The van der Waals surface area contributed by atoms with E-state index in [2.05, 4.69) is 20.4 Å². The van der Waals surface area contributed by atoms with Crippen molar-refractivity contribution >= 4 is 51.5 Å². The molecule has 0 unspecified atom stereocenters. The molecular weight excluding hydrogens is 485 g/mol. The van der Waals surface area contributed by atoms with E-state index in [1.54, 1.807) is 18.2 Å². The summed E-state index contributed by atoms with van der Waals surface area (Å²) in [7, 11) is 0. The lowest BCUT2D eigenvalue weighted by atomic mass is 10.1. The Balaban J connectivity index is 1.61. The minimum absolute atomic E-state index is 0.164. The van der Waals surface area contributed by atoms with E-state index in [0.29, 0.717) is 27.5 Å². The van der Waals surface area contributed by atoms with Gasteiger partial charge in [-0.15, -0.1) is 10.2 Å². The average Bonchev–Trinajstić information content (AvgIpc) is 3.39. The molecule has 3 aromatic heterocycles. The maximum absolute atomic E-state index is 13.4. The quantitative estimate of drug-likeness (QED) is 0.275. The zero-order valence-corrected chi connectivity index (χ0v) is 19.4. The first-order valence-electron chi connectivity index (χ1n) is 9.80. The van der Waals surface area contributed by atoms with E-state index in [1.807, 2.05) is 35.8 Å². The molecule has 5 aromatic rings. The molecule has 0 atom stereocenters. The number of hydrogen-bond acceptors (Lipinski definition) is 6. The van der Waals surface area contributed by atoms with Crippen LogP contribution in [-0.4, -0.2) is 30.7 Å². The molecule has 10 heteroatoms. The fourth-order valence-electron chi connectivity index (χ4n) is 3.58. The Kier molecular flexibility index (Phi) is 5.62. The lowest BCUT2D eigenvalue weighted by molar-refractivity contribution is 0.100. The molecule has 2 aromatic carbocycles. The number of benzene rings is 2. The summed E-state index contributed by atoms with van der Waals surface area (Å²) in [5.74, 6) is -0.483. The minimum Gasteiger partial charge on any atom is -0.413 e. The van der Waals surface area contributed by atoms with Gasteiger partial charge in [0.1, 0.15) is 5.15 Å². The molecule has 0 spiro atoms. The van der Waals surface area contributed by atoms with Crippen LogP contribution in [0.5, 0.6) is 0 Å². The van der Waals surface area contributed by atoms with Crippen LogP contribution in [0, 0.1) is 6.92 Å². The van der Waals surface area contributed by atoms with Crippen LogP contribution in [0.1, 0.15) is 27.4 Å². The monoisotopic (exact) mass is 497 g/mol. The van der Waals surface area contributed by atoms with Gasteiger partial charge in [0.25, 0.3) is 11.7 Å². The Morgan fingerprint density at radius 1 is 1.03 bits per heavy atom. The Hall–Kier alpha value is -3.26. The summed E-state index contributed by atoms with van der Waals surface area (Å²) in [6.07, 6.45) is 2.97. The third kappa shape index (κ3) is 3.99. The minimum atomic E-state index is -0.475. The van der Waals surface area contributed by atoms with Crippen LogP contribution in [0.15, 0.2) is 59.3 Å². The van der Waals surface area contributed by atoms with Crippen LogP contribution in [-0.2, 0) is 6.54 Å². The third-order valence-electron chi connectivity index (χ3n) is 5.18. The molecular formula is C23H14Cl3N5O2. The second-order valence-electron chi connectivity index (χ2n) is 7.38. The molecule has 0 amide bonds. The Bertz CT molecular complexity index is 1510. The molecule has 0 saturated carbocycles. The molecule has 0 N–H and O–H groups in total. The van der Waals surface area contributed by atoms with Gasteiger partial charge < -0.3 is 8.98 Å². The summed E-state index contributed by atoms with van der Waals surface area (Å²) in [6.45, 7) is 2.29. The molecule has 33 heavy (non-hydrogen) atoms. The maximum atomic E-state index is 13.4. The van der Waals surface area contributed by atoms with E-state index >= 15 is 0 Å². The molecule has 0 aliphatic carbocycles. The van der Waals surface area contributed by atoms with Gasteiger partial charge in [0.15, 0.2) is 0 Å². The lowest BCUT2D eigenvalue weighted by Crippen LogP contribution is -2.04. The number of aromatic nitrogens is 5. The Morgan fingerprint density at radius 3 is 2.64 bits per heavy atom. The van der Waals surface area contributed by atoms with Crippen molar-refractivity contribution in [1.29, 1.82) is 0 Å². The first-order chi connectivity index (χ1) is 15.9. The number of ketones is 1. The number of rotatable bonds is 5. The van der Waals surface area contributed by atoms with Gasteiger partial charge in [0.2, 0.25) is 5.89 Å². The highest BCUT2D eigenvalue weighted by Crippen LogP contribution is 2.34. The van der Waals surface area contributed by atoms with Crippen molar-refractivity contribution < 1.29 is 9.21 Å². The summed E-state index contributed by atoms with van der Waals surface area (Å²) >= 11 is 19.2. The van der Waals surface area contributed by atoms with E-state index < -0.39 is 5.78 Å². The number of carbonyl (C=O) groups is 1. The van der Waals surface area contributed by atoms with Gasteiger partial charge in [0, 0.05) is 15.4 Å². The highest BCUT2D eigenvalue weighted by Gasteiger charge is 2.27. The van der Waals surface area contributed by atoms with Crippen LogP contribution in [0.3, 0.4) is 0 Å². The molecule has 0 fully saturated rings. The van der Waals surface area contributed by atoms with E-state index in [4.69, 9.17) is 39.2 Å². The number of hydrogen-bond donors (Lipinski definition) is 0. The van der Waals surface area contributed by atoms with E-state index in [0.717, 1.165) is 16.6 Å². The Morgan fingerprint density at radius 2 is 1.88 bits per heavy atom. The van der Waals surface area contributed by atoms with Crippen molar-refractivity contribution in [2.45, 2.75) is 13.5 Å². The second kappa shape index (κ2) is 8.59. The number of nitrogens with zero attached hydrogens (tertiary/aromatic N) is 5. The maximum Gasteiger partial charge on any atom is 0.289 e. The predicted octanol–water partition coefficient (Wildman–Crippen LogP) is 6.03. The van der Waals surface area contributed by atoms with Gasteiger partial charge in [-0.25, -0.2) is 0 Å². The van der Waals surface area contributed by atoms with Gasteiger partial charge >= 0.3 is 0 Å². The molecule has 164 valence electrons. The van der Waals surface area contributed by atoms with Crippen LogP contribution < -0.4 is 0 Å². The molecule has 5 rings (SSSR count). The third-order valence-corrected chi connectivity index (χ3v) is 6.16. The van der Waals surface area contributed by atoms with Gasteiger partial charge in [-0.1, -0.05) is 52.5 Å². The van der Waals surface area contributed by atoms with E-state index in [9.17, 15) is 4.79 Å². The molecule has 7 nitrogen and oxygen atoms in total. The number of halogens is 3. The molecule has 3 heterocycles. The summed E-state index contributed by atoms with van der Waals surface area (Å²) in [4.78, 5) is 13.4.